The molecule has 13 aromatic rings. The third-order valence-electron chi connectivity index (χ3n) is 23.1. The van der Waals surface area contributed by atoms with Gasteiger partial charge in [0.1, 0.15) is 23.0 Å². The van der Waals surface area contributed by atoms with E-state index in [-0.39, 0.29) is 20.1 Å². The van der Waals surface area contributed by atoms with Crippen LogP contribution in [-0.4, -0.2) is 20.1 Å². The van der Waals surface area contributed by atoms with Gasteiger partial charge in [0.2, 0.25) is 0 Å². The van der Waals surface area contributed by atoms with E-state index >= 15 is 0 Å². The largest absolute Gasteiger partial charge is 0.458 e. The lowest BCUT2D eigenvalue weighted by molar-refractivity contribution is 0.465. The van der Waals surface area contributed by atoms with Gasteiger partial charge in [-0.15, -0.1) is 0 Å². The molecule has 8 aliphatic heterocycles. The minimum Gasteiger partial charge on any atom is -0.458 e. The Kier molecular flexibility index (Phi) is 11.9. The Morgan fingerprint density at radius 1 is 0.248 bits per heavy atom. The van der Waals surface area contributed by atoms with Crippen molar-refractivity contribution in [3.05, 3.63) is 261 Å². The lowest BCUT2D eigenvalue weighted by Gasteiger charge is -2.47. The van der Waals surface area contributed by atoms with E-state index in [0.717, 1.165) is 136 Å². The number of para-hydroxylation sites is 6. The number of anilines is 11. The summed E-state index contributed by atoms with van der Waals surface area (Å²) >= 11 is 0. The van der Waals surface area contributed by atoms with Crippen LogP contribution in [0.2, 0.25) is 0 Å². The molecule has 0 radical (unpaired) electrons. The number of rotatable bonds is 4. The van der Waals surface area contributed by atoms with E-state index in [1.54, 1.807) is 0 Å². The zero-order valence-corrected chi connectivity index (χ0v) is 58.7. The highest BCUT2D eigenvalue weighted by Gasteiger charge is 2.51. The van der Waals surface area contributed by atoms with Crippen LogP contribution in [-0.2, 0) is 0 Å². The lowest BCUT2D eigenvalue weighted by atomic mass is 9.29. The van der Waals surface area contributed by atoms with Crippen molar-refractivity contribution in [1.82, 2.24) is 0 Å². The zero-order chi connectivity index (χ0) is 68.2. The van der Waals surface area contributed by atoms with Crippen LogP contribution in [0.25, 0.3) is 33.4 Å². The minimum absolute atomic E-state index is 0.182. The highest BCUT2D eigenvalue weighted by atomic mass is 16.5. The molecule has 0 saturated heterocycles. The van der Waals surface area contributed by atoms with Crippen molar-refractivity contribution in [2.75, 3.05) is 20.0 Å². The van der Waals surface area contributed by atoms with Gasteiger partial charge in [0, 0.05) is 51.7 Å². The van der Waals surface area contributed by atoms with E-state index in [1.165, 1.54) is 122 Å². The number of nitrogens with zero attached hydrogens (tertiary/aromatic N) is 3. The lowest BCUT2D eigenvalue weighted by Crippen LogP contribution is -2.65. The first-order valence-corrected chi connectivity index (χ1v) is 35.5. The van der Waals surface area contributed by atoms with Crippen LogP contribution in [0.5, 0.6) is 46.0 Å². The molecular weight excluding hydrogens is 1230 g/mol. The van der Waals surface area contributed by atoms with Gasteiger partial charge in [0.25, 0.3) is 20.1 Å². The van der Waals surface area contributed by atoms with E-state index in [9.17, 15) is 0 Å². The van der Waals surface area contributed by atoms with Gasteiger partial charge in [-0.1, -0.05) is 131 Å². The summed E-state index contributed by atoms with van der Waals surface area (Å²) in [6, 6.07) is 73.1. The highest BCUT2D eigenvalue weighted by Crippen LogP contribution is 2.57. The minimum atomic E-state index is -0.319. The zero-order valence-electron chi connectivity index (χ0n) is 58.7. The number of nitrogens with one attached hydrogen (secondary N) is 1. The summed E-state index contributed by atoms with van der Waals surface area (Å²) in [5.74, 6) is 6.55. The third-order valence-corrected chi connectivity index (χ3v) is 23.1. The van der Waals surface area contributed by atoms with Crippen molar-refractivity contribution in [2.45, 2.75) is 83.1 Å². The fraction of sp³-hybridized carbons (Fsp3) is 0.133. The van der Waals surface area contributed by atoms with E-state index < -0.39 is 0 Å². The molecule has 0 aromatic heterocycles. The topological polar surface area (TPSA) is 58.7 Å². The van der Waals surface area contributed by atoms with E-state index in [4.69, 9.17) is 18.9 Å². The molecule has 0 spiro atoms. The van der Waals surface area contributed by atoms with Crippen molar-refractivity contribution >= 4 is 132 Å². The Balaban J connectivity index is 0.842. The summed E-state index contributed by atoms with van der Waals surface area (Å²) in [5, 5.41) is 4.16. The predicted molar refractivity (Wildman–Crippen MR) is 421 cm³/mol. The number of hydrogen-bond acceptors (Lipinski definition) is 8. The van der Waals surface area contributed by atoms with Crippen LogP contribution in [0.1, 0.15) is 66.8 Å². The van der Waals surface area contributed by atoms with E-state index in [2.05, 4.69) is 297 Å². The molecule has 0 saturated carbocycles. The Hall–Kier alpha value is -11.5. The summed E-state index contributed by atoms with van der Waals surface area (Å²) < 4.78 is 29.4. The van der Waals surface area contributed by atoms with Gasteiger partial charge in [0.15, 0.2) is 23.0 Å². The quantitative estimate of drug-likeness (QED) is 0.175. The SMILES string of the molecule is Cc1cc(C)c(-c2cc3c4c(c2)Oc2cc5c(cc2B4c2cc4c(cc2O3)Nc2cc(-c3c(C)cc(C)cc3C)cc3c2B4c2cccc4c2N3c2ccccc2O4)B2c3cccc4c3N(c3ccccc3O4)c3cc(-c4c(C)cc(C)cc4C)cc(c32)N5c2c(C)cc(C)cc2C)c(C)c1. The van der Waals surface area contributed by atoms with Gasteiger partial charge in [-0.05, 0) is 277 Å². The molecule has 8 nitrogen and oxygen atoms in total. The first-order chi connectivity index (χ1) is 49.0. The Labute approximate surface area is 590 Å². The van der Waals surface area contributed by atoms with Gasteiger partial charge < -0.3 is 39.0 Å². The molecule has 482 valence electrons. The molecule has 0 aliphatic carbocycles. The summed E-state index contributed by atoms with van der Waals surface area (Å²) in [7, 11) is 0. The van der Waals surface area contributed by atoms with Crippen LogP contribution >= 0.6 is 0 Å². The summed E-state index contributed by atoms with van der Waals surface area (Å²) in [6.45, 7) is 26.1. The number of ether oxygens (including phenoxy) is 4. The standard InChI is InChI=1S/C90H69B3N4O4/c1-45-27-49(5)82(50(6)28-45)57-35-67-85-71(36-57)95-68-21-13-15-23-74(68)98-76-25-17-19-60(89(76)95)91(85)62-41-64-78(43-66(62)94-67)100-80-39-59(84-53(9)31-47(3)32-54(84)10)40-81-87(80)93(64)65-42-63-70(44-79(65)101-81)97(88-55(11)33-48(4)34-56(88)12)73-38-58(83-51(7)29-46(2)30-52(83)8)37-72-86(73)92(63)61-20-18-26-77-90(61)96(72)69-22-14-16-24-75(69)99-77/h13-44,94H,1-12H3. The summed E-state index contributed by atoms with van der Waals surface area (Å²) in [4.78, 5) is 7.59. The molecule has 21 rings (SSSR count). The molecule has 0 atom stereocenters. The van der Waals surface area contributed by atoms with Crippen molar-refractivity contribution in [2.24, 2.45) is 0 Å². The van der Waals surface area contributed by atoms with E-state index in [1.807, 2.05) is 0 Å². The molecular formula is C90H69B3N4O4. The number of benzene rings is 13. The van der Waals surface area contributed by atoms with Crippen molar-refractivity contribution in [1.29, 1.82) is 0 Å². The second-order valence-corrected chi connectivity index (χ2v) is 29.9. The van der Waals surface area contributed by atoms with Gasteiger partial charge in [-0.25, -0.2) is 0 Å². The average Bonchev–Trinajstić information content (AvgIpc) is 0.684. The van der Waals surface area contributed by atoms with Gasteiger partial charge in [0.05, 0.1) is 28.4 Å². The smallest absolute Gasteiger partial charge is 0.260 e. The van der Waals surface area contributed by atoms with Crippen molar-refractivity contribution in [3.8, 4) is 79.4 Å². The van der Waals surface area contributed by atoms with Crippen LogP contribution in [0.3, 0.4) is 0 Å². The monoisotopic (exact) mass is 1300 g/mol. The average molecular weight is 1300 g/mol. The molecule has 13 aromatic carbocycles. The first-order valence-electron chi connectivity index (χ1n) is 35.5. The molecule has 0 unspecified atom stereocenters. The van der Waals surface area contributed by atoms with Crippen molar-refractivity contribution in [3.63, 3.8) is 0 Å². The molecule has 101 heavy (non-hydrogen) atoms. The maximum absolute atomic E-state index is 7.79. The molecule has 8 aliphatic rings. The molecule has 0 amide bonds. The van der Waals surface area contributed by atoms with Crippen LogP contribution in [0, 0.1) is 83.1 Å². The Bertz CT molecular complexity index is 5960. The number of fused-ring (bicyclic) bond motifs is 16. The number of aryl methyl sites for hydroxylation is 12. The van der Waals surface area contributed by atoms with Crippen LogP contribution < -0.4 is 88.1 Å². The van der Waals surface area contributed by atoms with Crippen LogP contribution in [0.15, 0.2) is 194 Å². The van der Waals surface area contributed by atoms with E-state index in [0.29, 0.717) is 0 Å². The highest BCUT2D eigenvalue weighted by molar-refractivity contribution is 7.04. The molecule has 8 heterocycles. The fourth-order valence-electron chi connectivity index (χ4n) is 19.9. The Morgan fingerprint density at radius 2 is 0.634 bits per heavy atom. The van der Waals surface area contributed by atoms with Gasteiger partial charge in [-0.2, -0.15) is 0 Å². The second kappa shape index (κ2) is 20.5. The second-order valence-electron chi connectivity index (χ2n) is 29.9. The molecule has 0 fully saturated rings. The molecule has 1 N–H and O–H groups in total. The van der Waals surface area contributed by atoms with Gasteiger partial charge in [-0.3, -0.25) is 0 Å². The van der Waals surface area contributed by atoms with Gasteiger partial charge >= 0.3 is 0 Å². The maximum Gasteiger partial charge on any atom is 0.260 e. The normalized spacial score (nSPS) is 14.0. The maximum atomic E-state index is 7.79. The fourth-order valence-corrected chi connectivity index (χ4v) is 19.9. The summed E-state index contributed by atoms with van der Waals surface area (Å²) in [5.41, 5.74) is 44.2. The van der Waals surface area contributed by atoms with Crippen LogP contribution in [0.4, 0.5) is 62.6 Å². The first kappa shape index (κ1) is 58.4. The molecule has 0 bridgehead atoms. The van der Waals surface area contributed by atoms with Crippen molar-refractivity contribution < 1.29 is 18.9 Å². The molecule has 11 heteroatoms. The Morgan fingerprint density at radius 3 is 1.14 bits per heavy atom. The predicted octanol–water partition coefficient (Wildman–Crippen LogP) is 17.8. The third kappa shape index (κ3) is 8.06. The number of hydrogen-bond donors (Lipinski definition) is 1. The summed E-state index contributed by atoms with van der Waals surface area (Å²) in [6.07, 6.45) is 0.